The Balaban J connectivity index is 1.65. The van der Waals surface area contributed by atoms with Crippen LogP contribution < -0.4 is 0 Å². The van der Waals surface area contributed by atoms with Crippen LogP contribution in [-0.2, 0) is 13.1 Å². The number of benzene rings is 1. The van der Waals surface area contributed by atoms with Crippen molar-refractivity contribution in [3.63, 3.8) is 0 Å². The van der Waals surface area contributed by atoms with Gasteiger partial charge in [-0.1, -0.05) is 24.3 Å². The molecule has 1 aromatic carbocycles. The van der Waals surface area contributed by atoms with Crippen LogP contribution in [0, 0.1) is 0 Å². The van der Waals surface area contributed by atoms with E-state index in [-0.39, 0.29) is 0 Å². The summed E-state index contributed by atoms with van der Waals surface area (Å²) in [5.74, 6) is 0. The Morgan fingerprint density at radius 2 is 1.84 bits per heavy atom. The third-order valence-electron chi connectivity index (χ3n) is 5.02. The van der Waals surface area contributed by atoms with Crippen LogP contribution in [0.25, 0.3) is 0 Å². The smallest absolute Gasteiger partial charge is 0.0786 e. The predicted octanol–water partition coefficient (Wildman–Crippen LogP) is 2.21. The summed E-state index contributed by atoms with van der Waals surface area (Å²) in [4.78, 5) is 4.57. The maximum atomic E-state index is 10.9. The van der Waals surface area contributed by atoms with Crippen molar-refractivity contribution in [3.8, 4) is 0 Å². The van der Waals surface area contributed by atoms with E-state index in [1.807, 2.05) is 37.2 Å². The van der Waals surface area contributed by atoms with Gasteiger partial charge in [-0.3, -0.25) is 9.58 Å². The van der Waals surface area contributed by atoms with E-state index in [0.29, 0.717) is 0 Å². The first-order valence-corrected chi connectivity index (χ1v) is 9.18. The van der Waals surface area contributed by atoms with Gasteiger partial charge in [0.2, 0.25) is 0 Å². The Bertz CT molecular complexity index is 655. The number of hydrogen-bond donors (Lipinski definition) is 1. The molecule has 1 unspecified atom stereocenters. The molecule has 2 heterocycles. The van der Waals surface area contributed by atoms with Gasteiger partial charge < -0.3 is 10.0 Å². The van der Waals surface area contributed by atoms with E-state index in [9.17, 15) is 5.11 Å². The number of rotatable bonds is 6. The average molecular weight is 342 g/mol. The second kappa shape index (κ2) is 8.13. The van der Waals surface area contributed by atoms with Gasteiger partial charge in [-0.25, -0.2) is 0 Å². The first kappa shape index (κ1) is 18.1. The van der Waals surface area contributed by atoms with E-state index in [2.05, 4.69) is 39.2 Å². The Labute approximate surface area is 150 Å². The zero-order valence-electron chi connectivity index (χ0n) is 15.4. The summed E-state index contributed by atoms with van der Waals surface area (Å²) in [5, 5.41) is 15.2. The summed E-state index contributed by atoms with van der Waals surface area (Å²) >= 11 is 0. The van der Waals surface area contributed by atoms with Crippen LogP contribution in [0.4, 0.5) is 0 Å². The zero-order chi connectivity index (χ0) is 17.7. The van der Waals surface area contributed by atoms with Gasteiger partial charge in [0.05, 0.1) is 12.1 Å². The molecule has 5 heteroatoms. The van der Waals surface area contributed by atoms with Crippen LogP contribution in [0.1, 0.15) is 30.4 Å². The third-order valence-corrected chi connectivity index (χ3v) is 5.02. The lowest BCUT2D eigenvalue weighted by Gasteiger charge is -2.30. The van der Waals surface area contributed by atoms with Crippen LogP contribution in [0.15, 0.2) is 42.7 Å². The SMILES string of the molecule is CN(C)CC1(O)CCCN(Cc2ccccc2Cn2cccn2)CC1. The lowest BCUT2D eigenvalue weighted by Crippen LogP contribution is -2.40. The molecule has 136 valence electrons. The fraction of sp³-hybridized carbons (Fsp3) is 0.550. The van der Waals surface area contributed by atoms with E-state index in [1.165, 1.54) is 11.1 Å². The van der Waals surface area contributed by atoms with E-state index in [0.717, 1.165) is 52.0 Å². The topological polar surface area (TPSA) is 44.5 Å². The van der Waals surface area contributed by atoms with E-state index in [1.54, 1.807) is 0 Å². The number of hydrogen-bond acceptors (Lipinski definition) is 4. The minimum absolute atomic E-state index is 0.549. The number of likely N-dealkylation sites (N-methyl/N-ethyl adjacent to an activating group) is 1. The molecule has 3 rings (SSSR count). The molecular formula is C20H30N4O. The number of nitrogens with zero attached hydrogens (tertiary/aromatic N) is 4. The molecule has 25 heavy (non-hydrogen) atoms. The Hall–Kier alpha value is -1.69. The fourth-order valence-electron chi connectivity index (χ4n) is 3.82. The van der Waals surface area contributed by atoms with E-state index < -0.39 is 5.60 Å². The summed E-state index contributed by atoms with van der Waals surface area (Å²) in [5.41, 5.74) is 2.13. The maximum absolute atomic E-state index is 10.9. The summed E-state index contributed by atoms with van der Waals surface area (Å²) < 4.78 is 1.97. The van der Waals surface area contributed by atoms with Crippen LogP contribution in [0.2, 0.25) is 0 Å². The number of aromatic nitrogens is 2. The molecule has 1 atom stereocenters. The number of aliphatic hydroxyl groups is 1. The second-order valence-electron chi connectivity index (χ2n) is 7.56. The summed E-state index contributed by atoms with van der Waals surface area (Å²) in [6, 6.07) is 10.6. The standard InChI is InChI=1S/C20H30N4O/c1-22(2)17-20(25)9-5-12-23(14-10-20)15-18-7-3-4-8-19(18)16-24-13-6-11-21-24/h3-4,6-8,11,13,25H,5,9-10,12,14-17H2,1-2H3. The molecule has 0 radical (unpaired) electrons. The van der Waals surface area contributed by atoms with Gasteiger partial charge >= 0.3 is 0 Å². The monoisotopic (exact) mass is 342 g/mol. The lowest BCUT2D eigenvalue weighted by atomic mass is 9.94. The normalized spacial score (nSPS) is 22.2. The molecule has 5 nitrogen and oxygen atoms in total. The molecule has 1 aromatic heterocycles. The molecule has 0 saturated carbocycles. The Morgan fingerprint density at radius 3 is 2.52 bits per heavy atom. The molecular weight excluding hydrogens is 312 g/mol. The van der Waals surface area contributed by atoms with Crippen LogP contribution >= 0.6 is 0 Å². The first-order chi connectivity index (χ1) is 12.0. The zero-order valence-corrected chi connectivity index (χ0v) is 15.4. The van der Waals surface area contributed by atoms with Crippen molar-refractivity contribution >= 4 is 0 Å². The van der Waals surface area contributed by atoms with Gasteiger partial charge in [-0.15, -0.1) is 0 Å². The molecule has 1 N–H and O–H groups in total. The predicted molar refractivity (Wildman–Crippen MR) is 100 cm³/mol. The molecule has 1 aliphatic heterocycles. The van der Waals surface area contributed by atoms with Crippen molar-refractivity contribution in [2.24, 2.45) is 0 Å². The maximum Gasteiger partial charge on any atom is 0.0786 e. The van der Waals surface area contributed by atoms with Gasteiger partial charge in [0.1, 0.15) is 0 Å². The van der Waals surface area contributed by atoms with Crippen molar-refractivity contribution in [1.29, 1.82) is 0 Å². The number of likely N-dealkylation sites (tertiary alicyclic amines) is 1. The molecule has 1 fully saturated rings. The Kier molecular flexibility index (Phi) is 5.89. The van der Waals surface area contributed by atoms with Crippen LogP contribution in [-0.4, -0.2) is 64.0 Å². The van der Waals surface area contributed by atoms with Crippen molar-refractivity contribution in [3.05, 3.63) is 53.9 Å². The molecule has 1 saturated heterocycles. The summed E-state index contributed by atoms with van der Waals surface area (Å²) in [6.07, 6.45) is 6.60. The van der Waals surface area contributed by atoms with Crippen LogP contribution in [0.5, 0.6) is 0 Å². The molecule has 2 aromatic rings. The lowest BCUT2D eigenvalue weighted by molar-refractivity contribution is 0.00257. The van der Waals surface area contributed by atoms with Gasteiger partial charge in [0.25, 0.3) is 0 Å². The summed E-state index contributed by atoms with van der Waals surface area (Å²) in [6.45, 7) is 4.49. The largest absolute Gasteiger partial charge is 0.389 e. The third kappa shape index (κ3) is 5.14. The van der Waals surface area contributed by atoms with Crippen molar-refractivity contribution < 1.29 is 5.11 Å². The fourth-order valence-corrected chi connectivity index (χ4v) is 3.82. The van der Waals surface area contributed by atoms with Gasteiger partial charge in [0, 0.05) is 32.0 Å². The molecule has 1 aliphatic rings. The quantitative estimate of drug-likeness (QED) is 0.874. The van der Waals surface area contributed by atoms with Gasteiger partial charge in [-0.05, 0) is 57.1 Å². The van der Waals surface area contributed by atoms with E-state index in [4.69, 9.17) is 0 Å². The highest BCUT2D eigenvalue weighted by molar-refractivity contribution is 5.27. The highest BCUT2D eigenvalue weighted by atomic mass is 16.3. The second-order valence-corrected chi connectivity index (χ2v) is 7.56. The average Bonchev–Trinajstić information content (AvgIpc) is 3.00. The highest BCUT2D eigenvalue weighted by Crippen LogP contribution is 2.24. The first-order valence-electron chi connectivity index (χ1n) is 9.18. The van der Waals surface area contributed by atoms with Crippen molar-refractivity contribution in [2.45, 2.75) is 38.0 Å². The molecule has 0 spiro atoms. The van der Waals surface area contributed by atoms with E-state index >= 15 is 0 Å². The van der Waals surface area contributed by atoms with Gasteiger partial charge in [0.15, 0.2) is 0 Å². The minimum Gasteiger partial charge on any atom is -0.389 e. The van der Waals surface area contributed by atoms with Crippen molar-refractivity contribution in [2.75, 3.05) is 33.7 Å². The Morgan fingerprint density at radius 1 is 1.08 bits per heavy atom. The summed E-state index contributed by atoms with van der Waals surface area (Å²) in [7, 11) is 4.07. The minimum atomic E-state index is -0.549. The molecule has 0 bridgehead atoms. The van der Waals surface area contributed by atoms with Crippen LogP contribution in [0.3, 0.4) is 0 Å². The van der Waals surface area contributed by atoms with Crippen molar-refractivity contribution in [1.82, 2.24) is 19.6 Å². The highest BCUT2D eigenvalue weighted by Gasteiger charge is 2.30. The molecule has 0 aliphatic carbocycles. The van der Waals surface area contributed by atoms with Gasteiger partial charge in [-0.2, -0.15) is 5.10 Å². The molecule has 0 amide bonds.